The molecule has 2 nitrogen and oxygen atoms in total. The van der Waals surface area contributed by atoms with Crippen LogP contribution in [0, 0.1) is 0 Å². The first-order valence-electron chi connectivity index (χ1n) is 8.35. The summed E-state index contributed by atoms with van der Waals surface area (Å²) >= 11 is 0. The highest BCUT2D eigenvalue weighted by Crippen LogP contribution is 2.47. The fourth-order valence-corrected chi connectivity index (χ4v) is 3.85. The van der Waals surface area contributed by atoms with Gasteiger partial charge in [0.05, 0.1) is 0 Å². The zero-order valence-electron chi connectivity index (χ0n) is 13.5. The third kappa shape index (κ3) is 2.14. The Morgan fingerprint density at radius 3 is 2.00 bits per heavy atom. The molecule has 0 heterocycles. The summed E-state index contributed by atoms with van der Waals surface area (Å²) in [5.41, 5.74) is 7.61. The predicted molar refractivity (Wildman–Crippen MR) is 104 cm³/mol. The molecule has 0 aliphatic heterocycles. The van der Waals surface area contributed by atoms with Crippen molar-refractivity contribution in [3.05, 3.63) is 78.9 Å². The Labute approximate surface area is 146 Å². The maximum atomic E-state index is 9.43. The molecule has 3 heteroatoms. The fraction of sp³-hybridized carbons (Fsp3) is 0. The van der Waals surface area contributed by atoms with Gasteiger partial charge >= 0.3 is 7.12 Å². The molecule has 0 saturated carbocycles. The minimum Gasteiger partial charge on any atom is -0.423 e. The normalized spacial score (nSPS) is 11.6. The van der Waals surface area contributed by atoms with Crippen LogP contribution in [0.5, 0.6) is 0 Å². The average Bonchev–Trinajstić information content (AvgIpc) is 2.98. The summed E-state index contributed by atoms with van der Waals surface area (Å²) in [7, 11) is -1.45. The number of rotatable bonds is 2. The van der Waals surface area contributed by atoms with E-state index in [0.717, 1.165) is 11.1 Å². The molecule has 0 bridgehead atoms. The molecule has 0 radical (unpaired) electrons. The highest BCUT2D eigenvalue weighted by Gasteiger charge is 2.21. The van der Waals surface area contributed by atoms with Crippen LogP contribution in [-0.2, 0) is 0 Å². The summed E-state index contributed by atoms with van der Waals surface area (Å²) in [5.74, 6) is 0. The first-order chi connectivity index (χ1) is 12.2. The second-order valence-corrected chi connectivity index (χ2v) is 6.47. The maximum Gasteiger partial charge on any atom is 0.488 e. The van der Waals surface area contributed by atoms with Crippen LogP contribution in [0.4, 0.5) is 0 Å². The molecule has 4 aromatic carbocycles. The van der Waals surface area contributed by atoms with Gasteiger partial charge in [-0.15, -0.1) is 0 Å². The number of fused-ring (bicyclic) bond motifs is 3. The first kappa shape index (κ1) is 14.5. The lowest BCUT2D eigenvalue weighted by atomic mass is 9.79. The molecule has 4 aromatic rings. The summed E-state index contributed by atoms with van der Waals surface area (Å²) in [6, 6.07) is 26.7. The van der Waals surface area contributed by atoms with Gasteiger partial charge in [-0.3, -0.25) is 0 Å². The van der Waals surface area contributed by atoms with Crippen molar-refractivity contribution in [3.63, 3.8) is 0 Å². The average molecular weight is 322 g/mol. The van der Waals surface area contributed by atoms with Gasteiger partial charge in [0, 0.05) is 0 Å². The zero-order valence-corrected chi connectivity index (χ0v) is 13.5. The zero-order chi connectivity index (χ0) is 17.0. The Hall–Kier alpha value is -2.88. The van der Waals surface area contributed by atoms with Crippen LogP contribution in [-0.4, -0.2) is 17.2 Å². The van der Waals surface area contributed by atoms with E-state index in [-0.39, 0.29) is 0 Å². The van der Waals surface area contributed by atoms with Crippen molar-refractivity contribution in [2.75, 3.05) is 0 Å². The molecule has 0 atom stereocenters. The van der Waals surface area contributed by atoms with Gasteiger partial charge in [-0.25, -0.2) is 0 Å². The highest BCUT2D eigenvalue weighted by atomic mass is 16.4. The number of hydrogen-bond donors (Lipinski definition) is 2. The summed E-state index contributed by atoms with van der Waals surface area (Å²) in [4.78, 5) is 0. The quantitative estimate of drug-likeness (QED) is 0.485. The van der Waals surface area contributed by atoms with Crippen molar-refractivity contribution < 1.29 is 10.0 Å². The SMILES string of the molecule is OB(O)c1cccc(-c2ccc3c(c2)-c2cccc4cccc-3c24)c1. The van der Waals surface area contributed by atoms with E-state index in [4.69, 9.17) is 0 Å². The second-order valence-electron chi connectivity index (χ2n) is 6.47. The van der Waals surface area contributed by atoms with E-state index in [1.807, 2.05) is 18.2 Å². The van der Waals surface area contributed by atoms with E-state index >= 15 is 0 Å². The van der Waals surface area contributed by atoms with Crippen molar-refractivity contribution in [2.24, 2.45) is 0 Å². The Kier molecular flexibility index (Phi) is 3.08. The third-order valence-corrected chi connectivity index (χ3v) is 5.02. The fourth-order valence-electron chi connectivity index (χ4n) is 3.85. The van der Waals surface area contributed by atoms with E-state index < -0.39 is 7.12 Å². The van der Waals surface area contributed by atoms with E-state index in [0.29, 0.717) is 5.46 Å². The molecule has 118 valence electrons. The van der Waals surface area contributed by atoms with Gasteiger partial charge < -0.3 is 10.0 Å². The van der Waals surface area contributed by atoms with Crippen LogP contribution in [0.15, 0.2) is 78.9 Å². The minimum atomic E-state index is -1.45. The molecule has 25 heavy (non-hydrogen) atoms. The van der Waals surface area contributed by atoms with Gasteiger partial charge in [0.15, 0.2) is 0 Å². The largest absolute Gasteiger partial charge is 0.488 e. The van der Waals surface area contributed by atoms with Crippen LogP contribution in [0.1, 0.15) is 0 Å². The van der Waals surface area contributed by atoms with E-state index in [1.54, 1.807) is 6.07 Å². The molecule has 5 rings (SSSR count). The molecule has 0 aromatic heterocycles. The lowest BCUT2D eigenvalue weighted by Gasteiger charge is -2.08. The number of hydrogen-bond acceptors (Lipinski definition) is 2. The first-order valence-corrected chi connectivity index (χ1v) is 8.35. The molecular weight excluding hydrogens is 307 g/mol. The van der Waals surface area contributed by atoms with Gasteiger partial charge in [0.25, 0.3) is 0 Å². The molecular formula is C22H15BO2. The van der Waals surface area contributed by atoms with Gasteiger partial charge in [-0.05, 0) is 55.7 Å². The lowest BCUT2D eigenvalue weighted by Crippen LogP contribution is -2.29. The van der Waals surface area contributed by atoms with E-state index in [2.05, 4.69) is 54.6 Å². The lowest BCUT2D eigenvalue weighted by molar-refractivity contribution is 0.426. The monoisotopic (exact) mass is 322 g/mol. The molecule has 2 N–H and O–H groups in total. The van der Waals surface area contributed by atoms with Gasteiger partial charge in [0.1, 0.15) is 0 Å². The van der Waals surface area contributed by atoms with Crippen molar-refractivity contribution in [1.29, 1.82) is 0 Å². The number of benzene rings is 4. The molecule has 0 fully saturated rings. The predicted octanol–water partition coefficient (Wildman–Crippen LogP) is 3.83. The topological polar surface area (TPSA) is 40.5 Å². The van der Waals surface area contributed by atoms with Crippen molar-refractivity contribution >= 4 is 23.4 Å². The van der Waals surface area contributed by atoms with Crippen LogP contribution >= 0.6 is 0 Å². The van der Waals surface area contributed by atoms with Gasteiger partial charge in [-0.2, -0.15) is 0 Å². The molecule has 0 unspecified atom stereocenters. The van der Waals surface area contributed by atoms with Crippen molar-refractivity contribution in [2.45, 2.75) is 0 Å². The maximum absolute atomic E-state index is 9.43. The highest BCUT2D eigenvalue weighted by molar-refractivity contribution is 6.58. The third-order valence-electron chi connectivity index (χ3n) is 5.02. The van der Waals surface area contributed by atoms with Crippen LogP contribution in [0.3, 0.4) is 0 Å². The molecule has 0 amide bonds. The summed E-state index contributed by atoms with van der Waals surface area (Å²) in [6.07, 6.45) is 0. The van der Waals surface area contributed by atoms with Crippen LogP contribution in [0.25, 0.3) is 44.2 Å². The van der Waals surface area contributed by atoms with Crippen molar-refractivity contribution in [1.82, 2.24) is 0 Å². The minimum absolute atomic E-state index is 0.503. The Morgan fingerprint density at radius 2 is 1.24 bits per heavy atom. The van der Waals surface area contributed by atoms with E-state index in [1.165, 1.54) is 33.0 Å². The standard InChI is InChI=1S/C22H15BO2/c24-23(25)17-7-1-6-15(12-17)16-10-11-18-19-8-2-4-14-5-3-9-20(22(14)19)21(18)13-16/h1-13,24-25H. The molecule has 0 spiro atoms. The van der Waals surface area contributed by atoms with Gasteiger partial charge in [0.2, 0.25) is 0 Å². The Morgan fingerprint density at radius 1 is 0.560 bits per heavy atom. The van der Waals surface area contributed by atoms with Crippen LogP contribution in [0.2, 0.25) is 0 Å². The Bertz CT molecular complexity index is 1130. The molecule has 1 aliphatic carbocycles. The Balaban J connectivity index is 1.72. The molecule has 1 aliphatic rings. The van der Waals surface area contributed by atoms with E-state index in [9.17, 15) is 10.0 Å². The summed E-state index contributed by atoms with van der Waals surface area (Å²) in [6.45, 7) is 0. The van der Waals surface area contributed by atoms with Crippen molar-refractivity contribution in [3.8, 4) is 33.4 Å². The summed E-state index contributed by atoms with van der Waals surface area (Å²) < 4.78 is 0. The second kappa shape index (κ2) is 5.31. The smallest absolute Gasteiger partial charge is 0.423 e. The van der Waals surface area contributed by atoms with Gasteiger partial charge in [-0.1, -0.05) is 72.8 Å². The summed E-state index contributed by atoms with van der Waals surface area (Å²) in [5, 5.41) is 21.4. The van der Waals surface area contributed by atoms with Crippen LogP contribution < -0.4 is 5.46 Å². The molecule has 0 saturated heterocycles.